The Morgan fingerprint density at radius 1 is 1.00 bits per heavy atom. The van der Waals surface area contributed by atoms with E-state index in [1.165, 1.54) is 0 Å². The fourth-order valence-electron chi connectivity index (χ4n) is 4.52. The molecule has 7 nitrogen and oxygen atoms in total. The zero-order valence-corrected chi connectivity index (χ0v) is 18.9. The van der Waals surface area contributed by atoms with Crippen LogP contribution in [0.4, 0.5) is 4.79 Å². The van der Waals surface area contributed by atoms with Gasteiger partial charge in [0.1, 0.15) is 18.7 Å². The minimum atomic E-state index is -1.05. The summed E-state index contributed by atoms with van der Waals surface area (Å²) in [6.07, 6.45) is 1.52. The van der Waals surface area contributed by atoms with E-state index in [1.54, 1.807) is 0 Å². The average Bonchev–Trinajstić information content (AvgIpc) is 3.61. The number of carbonyl (C=O) groups is 3. The van der Waals surface area contributed by atoms with Gasteiger partial charge < -0.3 is 20.5 Å². The number of alkyl carbamates (subject to hydrolysis) is 1. The fraction of sp³-hybridized carbons (Fsp3) is 0.423. The Kier molecular flexibility index (Phi) is 6.67. The van der Waals surface area contributed by atoms with Crippen LogP contribution in [0.1, 0.15) is 50.2 Å². The Bertz CT molecular complexity index is 1000. The second kappa shape index (κ2) is 9.65. The predicted octanol–water partition coefficient (Wildman–Crippen LogP) is 3.92. The molecule has 3 N–H and O–H groups in total. The molecule has 1 saturated carbocycles. The van der Waals surface area contributed by atoms with Crippen LogP contribution in [0.25, 0.3) is 11.1 Å². The van der Waals surface area contributed by atoms with Crippen molar-refractivity contribution in [1.29, 1.82) is 0 Å². The minimum absolute atomic E-state index is 0.0431. The number of ether oxygens (including phenoxy) is 1. The fourth-order valence-corrected chi connectivity index (χ4v) is 4.52. The number of carboxylic acid groups (broad SMARTS) is 1. The van der Waals surface area contributed by atoms with Crippen LogP contribution in [-0.4, -0.2) is 41.8 Å². The highest BCUT2D eigenvalue weighted by atomic mass is 16.5. The van der Waals surface area contributed by atoms with E-state index in [0.717, 1.165) is 35.1 Å². The third-order valence-corrected chi connectivity index (χ3v) is 6.77. The molecule has 2 amide bonds. The summed E-state index contributed by atoms with van der Waals surface area (Å²) in [5.74, 6) is -1.84. The van der Waals surface area contributed by atoms with Crippen molar-refractivity contribution in [3.8, 4) is 11.1 Å². The summed E-state index contributed by atoms with van der Waals surface area (Å²) < 4.78 is 5.58. The van der Waals surface area contributed by atoms with E-state index in [2.05, 4.69) is 22.8 Å². The highest BCUT2D eigenvalue weighted by Crippen LogP contribution is 2.44. The van der Waals surface area contributed by atoms with Crippen molar-refractivity contribution in [2.45, 2.75) is 51.1 Å². The number of carboxylic acids is 1. The van der Waals surface area contributed by atoms with E-state index in [9.17, 15) is 19.5 Å². The smallest absolute Gasteiger partial charge is 0.407 e. The van der Waals surface area contributed by atoms with Gasteiger partial charge in [0, 0.05) is 5.92 Å². The van der Waals surface area contributed by atoms with Gasteiger partial charge in [-0.05, 0) is 46.9 Å². The van der Waals surface area contributed by atoms with Gasteiger partial charge in [-0.1, -0.05) is 68.8 Å². The Hall–Kier alpha value is -3.35. The van der Waals surface area contributed by atoms with Crippen LogP contribution in [0.2, 0.25) is 0 Å². The van der Waals surface area contributed by atoms with Crippen LogP contribution in [-0.2, 0) is 14.3 Å². The van der Waals surface area contributed by atoms with Gasteiger partial charge >= 0.3 is 12.1 Å². The molecule has 2 aromatic rings. The first-order valence-electron chi connectivity index (χ1n) is 11.5. The first kappa shape index (κ1) is 22.8. The maximum atomic E-state index is 12.9. The van der Waals surface area contributed by atoms with Gasteiger partial charge in [-0.3, -0.25) is 4.79 Å². The van der Waals surface area contributed by atoms with Crippen LogP contribution in [0.15, 0.2) is 48.5 Å². The average molecular weight is 451 g/mol. The van der Waals surface area contributed by atoms with Crippen molar-refractivity contribution in [3.05, 3.63) is 59.7 Å². The van der Waals surface area contributed by atoms with Gasteiger partial charge in [-0.15, -0.1) is 0 Å². The summed E-state index contributed by atoms with van der Waals surface area (Å²) in [6.45, 7) is 3.91. The summed E-state index contributed by atoms with van der Waals surface area (Å²) in [7, 11) is 0. The van der Waals surface area contributed by atoms with Gasteiger partial charge in [0.15, 0.2) is 0 Å². The number of hydrogen-bond acceptors (Lipinski definition) is 4. The quantitative estimate of drug-likeness (QED) is 0.537. The molecule has 3 atom stereocenters. The molecule has 4 rings (SSSR count). The predicted molar refractivity (Wildman–Crippen MR) is 124 cm³/mol. The monoisotopic (exact) mass is 450 g/mol. The lowest BCUT2D eigenvalue weighted by Crippen LogP contribution is -2.54. The molecular weight excluding hydrogens is 420 g/mol. The molecule has 2 aromatic carbocycles. The van der Waals surface area contributed by atoms with E-state index >= 15 is 0 Å². The highest BCUT2D eigenvalue weighted by molar-refractivity contribution is 5.89. The largest absolute Gasteiger partial charge is 0.480 e. The molecule has 0 heterocycles. The molecule has 7 heteroatoms. The van der Waals surface area contributed by atoms with Gasteiger partial charge in [0.2, 0.25) is 5.91 Å². The number of benzene rings is 2. The van der Waals surface area contributed by atoms with Gasteiger partial charge in [-0.25, -0.2) is 9.59 Å². The van der Waals surface area contributed by atoms with E-state index in [4.69, 9.17) is 4.74 Å². The molecule has 0 radical (unpaired) electrons. The summed E-state index contributed by atoms with van der Waals surface area (Å²) in [5, 5.41) is 14.7. The first-order chi connectivity index (χ1) is 15.9. The summed E-state index contributed by atoms with van der Waals surface area (Å²) >= 11 is 0. The zero-order chi connectivity index (χ0) is 23.5. The van der Waals surface area contributed by atoms with Crippen LogP contribution in [0.5, 0.6) is 0 Å². The van der Waals surface area contributed by atoms with Crippen LogP contribution < -0.4 is 10.6 Å². The van der Waals surface area contributed by atoms with Crippen molar-refractivity contribution < 1.29 is 24.2 Å². The molecule has 3 unspecified atom stereocenters. The SMILES string of the molecule is CCC(C)C(NC(=O)OCC1c2ccccc2-c2ccccc21)C(=O)NC(C(=O)O)C1CC1. The van der Waals surface area contributed by atoms with Crippen LogP contribution >= 0.6 is 0 Å². The Balaban J connectivity index is 1.42. The third kappa shape index (κ3) is 4.87. The normalized spacial score (nSPS) is 17.3. The second-order valence-corrected chi connectivity index (χ2v) is 9.00. The molecule has 0 aromatic heterocycles. The van der Waals surface area contributed by atoms with Crippen molar-refractivity contribution in [2.75, 3.05) is 6.61 Å². The molecule has 33 heavy (non-hydrogen) atoms. The molecule has 174 valence electrons. The molecule has 1 fully saturated rings. The van der Waals surface area contributed by atoms with Crippen molar-refractivity contribution >= 4 is 18.0 Å². The van der Waals surface area contributed by atoms with E-state index < -0.39 is 30.1 Å². The van der Waals surface area contributed by atoms with Gasteiger partial charge in [0.05, 0.1) is 0 Å². The lowest BCUT2D eigenvalue weighted by atomic mass is 9.97. The minimum Gasteiger partial charge on any atom is -0.480 e. The number of aliphatic carboxylic acids is 1. The number of rotatable bonds is 9. The molecular formula is C26H30N2O5. The van der Waals surface area contributed by atoms with Crippen molar-refractivity contribution in [1.82, 2.24) is 10.6 Å². The molecule has 0 aliphatic heterocycles. The summed E-state index contributed by atoms with van der Waals surface area (Å²) in [6, 6.07) is 14.4. The Morgan fingerprint density at radius 2 is 1.58 bits per heavy atom. The van der Waals surface area contributed by atoms with E-state index in [-0.39, 0.29) is 24.4 Å². The number of carbonyl (C=O) groups excluding carboxylic acids is 2. The van der Waals surface area contributed by atoms with Crippen molar-refractivity contribution in [2.24, 2.45) is 11.8 Å². The molecule has 2 aliphatic rings. The summed E-state index contributed by atoms with van der Waals surface area (Å²) in [4.78, 5) is 37.1. The van der Waals surface area contributed by atoms with Gasteiger partial charge in [-0.2, -0.15) is 0 Å². The van der Waals surface area contributed by atoms with E-state index in [1.807, 2.05) is 50.2 Å². The Morgan fingerprint density at radius 3 is 2.09 bits per heavy atom. The van der Waals surface area contributed by atoms with Crippen LogP contribution in [0, 0.1) is 11.8 Å². The highest BCUT2D eigenvalue weighted by Gasteiger charge is 2.39. The van der Waals surface area contributed by atoms with E-state index in [0.29, 0.717) is 6.42 Å². The maximum Gasteiger partial charge on any atom is 0.407 e. The van der Waals surface area contributed by atoms with Crippen molar-refractivity contribution in [3.63, 3.8) is 0 Å². The van der Waals surface area contributed by atoms with Gasteiger partial charge in [0.25, 0.3) is 0 Å². The number of fused-ring (bicyclic) bond motifs is 3. The zero-order valence-electron chi connectivity index (χ0n) is 18.9. The lowest BCUT2D eigenvalue weighted by Gasteiger charge is -2.25. The summed E-state index contributed by atoms with van der Waals surface area (Å²) in [5.41, 5.74) is 4.49. The molecule has 2 aliphatic carbocycles. The maximum absolute atomic E-state index is 12.9. The Labute approximate surface area is 193 Å². The molecule has 0 spiro atoms. The second-order valence-electron chi connectivity index (χ2n) is 9.00. The topological polar surface area (TPSA) is 105 Å². The standard InChI is InChI=1S/C26H30N2O5/c1-3-15(2)22(24(29)27-23(25(30)31)16-12-13-16)28-26(32)33-14-21-19-10-6-4-8-17(19)18-9-5-7-11-20(18)21/h4-11,15-16,21-23H,3,12-14H2,1-2H3,(H,27,29)(H,28,32)(H,30,31). The van der Waals surface area contributed by atoms with Crippen LogP contribution in [0.3, 0.4) is 0 Å². The number of amides is 2. The molecule has 0 saturated heterocycles. The number of hydrogen-bond donors (Lipinski definition) is 3. The third-order valence-electron chi connectivity index (χ3n) is 6.77. The molecule has 0 bridgehead atoms. The number of nitrogens with one attached hydrogen (secondary N) is 2. The first-order valence-corrected chi connectivity index (χ1v) is 11.5. The lowest BCUT2D eigenvalue weighted by molar-refractivity contribution is -0.142.